The molecule has 212 valence electrons. The lowest BCUT2D eigenvalue weighted by Gasteiger charge is -2.08. The van der Waals surface area contributed by atoms with Gasteiger partial charge in [0, 0.05) is 18.1 Å². The third kappa shape index (κ3) is 10.3. The zero-order valence-electron chi connectivity index (χ0n) is 22.6. The molecule has 0 atom stereocenters. The first-order valence-electron chi connectivity index (χ1n) is 12.9. The van der Waals surface area contributed by atoms with Gasteiger partial charge in [0.2, 0.25) is 0 Å². The van der Waals surface area contributed by atoms with Crippen LogP contribution >= 0.6 is 0 Å². The Bertz CT molecular complexity index is 1350. The Balaban J connectivity index is 1.44. The molecule has 0 bridgehead atoms. The molecule has 0 aliphatic heterocycles. The number of esters is 2. The molecule has 0 aliphatic carbocycles. The first-order valence-corrected chi connectivity index (χ1v) is 12.9. The van der Waals surface area contributed by atoms with Crippen molar-refractivity contribution >= 4 is 23.8 Å². The second-order valence-corrected chi connectivity index (χ2v) is 8.69. The van der Waals surface area contributed by atoms with Crippen molar-refractivity contribution in [2.24, 2.45) is 0 Å². The zero-order valence-corrected chi connectivity index (χ0v) is 22.6. The summed E-state index contributed by atoms with van der Waals surface area (Å²) >= 11 is 0. The van der Waals surface area contributed by atoms with Crippen molar-refractivity contribution < 1.29 is 38.4 Å². The predicted octanol–water partition coefficient (Wildman–Crippen LogP) is 5.22. The monoisotopic (exact) mass is 556 g/mol. The minimum Gasteiger partial charge on any atom is -0.493 e. The van der Waals surface area contributed by atoms with E-state index in [2.05, 4.69) is 13.2 Å². The Hall–Kier alpha value is -4.95. The minimum atomic E-state index is -0.669. The molecule has 3 aromatic rings. The van der Waals surface area contributed by atoms with Crippen LogP contribution in [0.2, 0.25) is 0 Å². The molecule has 0 radical (unpaired) electrons. The van der Waals surface area contributed by atoms with Gasteiger partial charge in [-0.1, -0.05) is 55.6 Å². The third-order valence-electron chi connectivity index (χ3n) is 5.70. The van der Waals surface area contributed by atoms with Gasteiger partial charge in [0.1, 0.15) is 24.7 Å². The van der Waals surface area contributed by atoms with E-state index >= 15 is 0 Å². The highest BCUT2D eigenvalue weighted by molar-refractivity contribution is 6.06. The maximum Gasteiger partial charge on any atom is 0.335 e. The smallest absolute Gasteiger partial charge is 0.335 e. The summed E-state index contributed by atoms with van der Waals surface area (Å²) in [5.74, 6) is 0.00371. The number of carbonyl (C=O) groups excluding carboxylic acids is 3. The van der Waals surface area contributed by atoms with Crippen LogP contribution in [0.1, 0.15) is 22.3 Å². The quantitative estimate of drug-likeness (QED) is 0.111. The highest BCUT2D eigenvalue weighted by atomic mass is 16.6. The van der Waals surface area contributed by atoms with Crippen LogP contribution in [0.4, 0.5) is 0 Å². The van der Waals surface area contributed by atoms with Crippen molar-refractivity contribution in [2.75, 3.05) is 33.0 Å². The van der Waals surface area contributed by atoms with Gasteiger partial charge < -0.3 is 24.1 Å². The molecular weight excluding hydrogens is 524 g/mol. The van der Waals surface area contributed by atoms with E-state index in [1.54, 1.807) is 30.3 Å². The van der Waals surface area contributed by atoms with Gasteiger partial charge in [0.05, 0.1) is 25.4 Å². The Morgan fingerprint density at radius 3 is 1.93 bits per heavy atom. The molecule has 3 aromatic carbocycles. The molecule has 0 heterocycles. The second-order valence-electron chi connectivity index (χ2n) is 8.69. The van der Waals surface area contributed by atoms with Crippen LogP contribution < -0.4 is 9.47 Å². The lowest BCUT2D eigenvalue weighted by molar-refractivity contribution is -0.140. The van der Waals surface area contributed by atoms with Crippen molar-refractivity contribution in [1.29, 1.82) is 0 Å². The van der Waals surface area contributed by atoms with Gasteiger partial charge in [-0.3, -0.25) is 4.79 Å². The van der Waals surface area contributed by atoms with Gasteiger partial charge in [-0.15, -0.1) is 0 Å². The topological polar surface area (TPSA) is 108 Å². The van der Waals surface area contributed by atoms with E-state index < -0.39 is 18.5 Å². The molecule has 0 saturated heterocycles. The molecule has 3 rings (SSSR count). The Morgan fingerprint density at radius 1 is 0.732 bits per heavy atom. The molecule has 8 nitrogen and oxygen atoms in total. The first kappa shape index (κ1) is 30.6. The molecule has 0 fully saturated rings. The molecule has 0 spiro atoms. The van der Waals surface area contributed by atoms with Crippen LogP contribution in [-0.2, 0) is 19.1 Å². The van der Waals surface area contributed by atoms with Gasteiger partial charge in [-0.2, -0.15) is 0 Å². The van der Waals surface area contributed by atoms with Crippen LogP contribution in [-0.4, -0.2) is 55.9 Å². The third-order valence-corrected chi connectivity index (χ3v) is 5.70. The summed E-state index contributed by atoms with van der Waals surface area (Å²) in [6, 6.07) is 22.2. The van der Waals surface area contributed by atoms with Gasteiger partial charge in [-0.05, 0) is 59.2 Å². The molecular formula is C33H32O8. The lowest BCUT2D eigenvalue weighted by atomic mass is 10.0. The second kappa shape index (κ2) is 16.2. The Kier molecular flexibility index (Phi) is 12.1. The number of allylic oxidation sites excluding steroid dienone is 1. The fourth-order valence-corrected chi connectivity index (χ4v) is 3.45. The first-order chi connectivity index (χ1) is 19.9. The highest BCUT2D eigenvalue weighted by Gasteiger charge is 2.07. The van der Waals surface area contributed by atoms with Crippen molar-refractivity contribution in [2.45, 2.75) is 6.42 Å². The number of benzene rings is 3. The normalized spacial score (nSPS) is 10.6. The number of hydrogen-bond donors (Lipinski definition) is 1. The molecule has 0 aliphatic rings. The number of aliphatic hydroxyl groups excluding tert-OH is 1. The molecule has 0 unspecified atom stereocenters. The molecule has 0 saturated carbocycles. The molecule has 0 aromatic heterocycles. The standard InChI is InChI=1S/C33H32O8/c1-3-32(36)40-20-4-19-38-29-14-10-27(11-15-29)26-8-5-25(6-9-26)7-18-31(35)28-12-16-30(17-13-28)39-21-22-41-33(37)24(2)23-34/h3,5-18,34H,1-2,4,19-23H2/b18-7+. The molecule has 8 heteroatoms. The van der Waals surface area contributed by atoms with E-state index in [9.17, 15) is 14.4 Å². The van der Waals surface area contributed by atoms with E-state index in [1.807, 2.05) is 48.5 Å². The summed E-state index contributed by atoms with van der Waals surface area (Å²) in [5.41, 5.74) is 3.43. The molecule has 0 amide bonds. The summed E-state index contributed by atoms with van der Waals surface area (Å²) in [6.07, 6.45) is 4.99. The van der Waals surface area contributed by atoms with Crippen molar-refractivity contribution in [3.63, 3.8) is 0 Å². The number of hydrogen-bond acceptors (Lipinski definition) is 8. The lowest BCUT2D eigenvalue weighted by Crippen LogP contribution is -2.15. The summed E-state index contributed by atoms with van der Waals surface area (Å²) in [6.45, 7) is 7.14. The summed E-state index contributed by atoms with van der Waals surface area (Å²) in [7, 11) is 0. The van der Waals surface area contributed by atoms with Crippen LogP contribution in [0.3, 0.4) is 0 Å². The van der Waals surface area contributed by atoms with E-state index in [0.29, 0.717) is 24.3 Å². The van der Waals surface area contributed by atoms with Crippen LogP contribution in [0, 0.1) is 0 Å². The van der Waals surface area contributed by atoms with Crippen molar-refractivity contribution in [3.8, 4) is 22.6 Å². The summed E-state index contributed by atoms with van der Waals surface area (Å²) in [4.78, 5) is 35.0. The average Bonchev–Trinajstić information content (AvgIpc) is 3.02. The Morgan fingerprint density at radius 2 is 1.32 bits per heavy atom. The van der Waals surface area contributed by atoms with Gasteiger partial charge >= 0.3 is 11.9 Å². The molecule has 1 N–H and O–H groups in total. The average molecular weight is 557 g/mol. The van der Waals surface area contributed by atoms with Crippen LogP contribution in [0.5, 0.6) is 11.5 Å². The molecule has 41 heavy (non-hydrogen) atoms. The maximum absolute atomic E-state index is 12.6. The fourth-order valence-electron chi connectivity index (χ4n) is 3.45. The van der Waals surface area contributed by atoms with Crippen molar-refractivity contribution in [3.05, 3.63) is 115 Å². The number of carbonyl (C=O) groups is 3. The minimum absolute atomic E-state index is 0.0117. The van der Waals surface area contributed by atoms with Gasteiger partial charge in [0.25, 0.3) is 0 Å². The number of rotatable bonds is 16. The van der Waals surface area contributed by atoms with Gasteiger partial charge in [0.15, 0.2) is 5.78 Å². The number of ether oxygens (including phenoxy) is 4. The van der Waals surface area contributed by atoms with Gasteiger partial charge in [-0.25, -0.2) is 9.59 Å². The van der Waals surface area contributed by atoms with Crippen molar-refractivity contribution in [1.82, 2.24) is 0 Å². The van der Waals surface area contributed by atoms with E-state index in [4.69, 9.17) is 24.1 Å². The Labute approximate surface area is 239 Å². The number of aliphatic hydroxyl groups is 1. The maximum atomic E-state index is 12.6. The van der Waals surface area contributed by atoms with Crippen LogP contribution in [0.15, 0.2) is 104 Å². The van der Waals surface area contributed by atoms with Crippen LogP contribution in [0.25, 0.3) is 17.2 Å². The van der Waals surface area contributed by atoms with E-state index in [1.165, 1.54) is 6.08 Å². The van der Waals surface area contributed by atoms with E-state index in [-0.39, 0.29) is 31.2 Å². The number of ketones is 1. The summed E-state index contributed by atoms with van der Waals surface area (Å²) in [5, 5.41) is 8.84. The highest BCUT2D eigenvalue weighted by Crippen LogP contribution is 2.23. The fraction of sp³-hybridized carbons (Fsp3) is 0.182. The SMILES string of the molecule is C=CC(=O)OCCCOc1ccc(-c2ccc(/C=C/C(=O)c3ccc(OCCOC(=O)C(=C)CO)cc3)cc2)cc1. The predicted molar refractivity (Wildman–Crippen MR) is 156 cm³/mol. The zero-order chi connectivity index (χ0) is 29.5. The largest absolute Gasteiger partial charge is 0.493 e. The summed E-state index contributed by atoms with van der Waals surface area (Å²) < 4.78 is 21.0. The van der Waals surface area contributed by atoms with E-state index in [0.717, 1.165) is 28.5 Å².